The highest BCUT2D eigenvalue weighted by Gasteiger charge is 2.25. The van der Waals surface area contributed by atoms with Crippen molar-refractivity contribution in [1.29, 1.82) is 0 Å². The van der Waals surface area contributed by atoms with Gasteiger partial charge in [-0.1, -0.05) is 18.2 Å². The summed E-state index contributed by atoms with van der Waals surface area (Å²) in [5, 5.41) is 6.72. The number of anilines is 4. The van der Waals surface area contributed by atoms with Gasteiger partial charge in [0.05, 0.1) is 6.26 Å². The average Bonchev–Trinajstić information content (AvgIpc) is 3.23. The smallest absolute Gasteiger partial charge is 0.229 e. The van der Waals surface area contributed by atoms with Crippen LogP contribution in [0.25, 0.3) is 0 Å². The standard InChI is InChI=1S/C27H34N6O2S/c1-18-17-28-27(30-22-8-4-19(5-9-22)20-12-14-33(2)15-13-20)31-26(18)29-23-10-6-21-7-11-25(24(21)16-23)32-36(3,34)35/h4-6,8-10,16-17,20,25,32H,7,11-15H2,1-3H3,(H2,28,29,30,31)/t25-/m1/s1. The topological polar surface area (TPSA) is 99.2 Å². The Labute approximate surface area is 213 Å². The molecule has 0 spiro atoms. The van der Waals surface area contributed by atoms with Crippen molar-refractivity contribution < 1.29 is 8.42 Å². The first-order valence-corrected chi connectivity index (χ1v) is 14.4. The third-order valence-electron chi connectivity index (χ3n) is 7.17. The second kappa shape index (κ2) is 10.2. The molecule has 0 amide bonds. The van der Waals surface area contributed by atoms with E-state index in [1.165, 1.54) is 30.2 Å². The van der Waals surface area contributed by atoms with Gasteiger partial charge in [0.2, 0.25) is 16.0 Å². The second-order valence-electron chi connectivity index (χ2n) is 10.1. The van der Waals surface area contributed by atoms with E-state index in [9.17, 15) is 8.42 Å². The molecule has 1 atom stereocenters. The number of hydrogen-bond acceptors (Lipinski definition) is 7. The maximum Gasteiger partial charge on any atom is 0.229 e. The summed E-state index contributed by atoms with van der Waals surface area (Å²) in [6.07, 6.45) is 7.03. The lowest BCUT2D eigenvalue weighted by Gasteiger charge is -2.29. The van der Waals surface area contributed by atoms with Gasteiger partial charge in [0.1, 0.15) is 5.82 Å². The molecule has 0 unspecified atom stereocenters. The Bertz CT molecular complexity index is 1330. The number of sulfonamides is 1. The molecular formula is C27H34N6O2S. The fourth-order valence-electron chi connectivity index (χ4n) is 5.14. The predicted octanol–water partition coefficient (Wildman–Crippen LogP) is 4.62. The van der Waals surface area contributed by atoms with Gasteiger partial charge in [0.15, 0.2) is 0 Å². The lowest BCUT2D eigenvalue weighted by Crippen LogP contribution is -2.29. The van der Waals surface area contributed by atoms with E-state index in [1.807, 2.05) is 19.1 Å². The first-order valence-electron chi connectivity index (χ1n) is 12.5. The predicted molar refractivity (Wildman–Crippen MR) is 145 cm³/mol. The van der Waals surface area contributed by atoms with Gasteiger partial charge in [0.25, 0.3) is 0 Å². The quantitative estimate of drug-likeness (QED) is 0.430. The van der Waals surface area contributed by atoms with E-state index in [2.05, 4.69) is 62.6 Å². The Morgan fingerprint density at radius 3 is 2.42 bits per heavy atom. The second-order valence-corrected chi connectivity index (χ2v) is 11.8. The van der Waals surface area contributed by atoms with Crippen molar-refractivity contribution in [3.8, 4) is 0 Å². The van der Waals surface area contributed by atoms with Crippen molar-refractivity contribution in [2.75, 3.05) is 37.0 Å². The fraction of sp³-hybridized carbons (Fsp3) is 0.407. The van der Waals surface area contributed by atoms with Crippen LogP contribution in [0, 0.1) is 6.92 Å². The van der Waals surface area contributed by atoms with Crippen LogP contribution in [0.1, 0.15) is 53.5 Å². The molecule has 5 rings (SSSR count). The van der Waals surface area contributed by atoms with E-state index >= 15 is 0 Å². The summed E-state index contributed by atoms with van der Waals surface area (Å²) in [6.45, 7) is 4.26. The molecule has 1 saturated heterocycles. The van der Waals surface area contributed by atoms with Gasteiger partial charge >= 0.3 is 0 Å². The summed E-state index contributed by atoms with van der Waals surface area (Å²) in [5.41, 5.74) is 6.32. The van der Waals surface area contributed by atoms with Crippen LogP contribution in [0.3, 0.4) is 0 Å². The molecule has 190 valence electrons. The van der Waals surface area contributed by atoms with Crippen LogP contribution in [0.15, 0.2) is 48.7 Å². The molecule has 3 aromatic rings. The molecule has 1 aliphatic carbocycles. The third-order valence-corrected chi connectivity index (χ3v) is 7.88. The Morgan fingerprint density at radius 2 is 1.69 bits per heavy atom. The van der Waals surface area contributed by atoms with E-state index in [-0.39, 0.29) is 6.04 Å². The highest BCUT2D eigenvalue weighted by molar-refractivity contribution is 7.88. The van der Waals surface area contributed by atoms with E-state index < -0.39 is 10.0 Å². The van der Waals surface area contributed by atoms with Gasteiger partial charge in [0, 0.05) is 29.2 Å². The normalized spacial score (nSPS) is 18.7. The molecule has 2 aliphatic rings. The Balaban J connectivity index is 1.28. The number of fused-ring (bicyclic) bond motifs is 1. The van der Waals surface area contributed by atoms with E-state index in [4.69, 9.17) is 4.98 Å². The number of rotatable bonds is 7. The first kappa shape index (κ1) is 24.7. The van der Waals surface area contributed by atoms with Gasteiger partial charge in [-0.25, -0.2) is 18.1 Å². The van der Waals surface area contributed by atoms with Crippen LogP contribution in [0.5, 0.6) is 0 Å². The molecule has 1 aliphatic heterocycles. The molecule has 0 radical (unpaired) electrons. The minimum absolute atomic E-state index is 0.196. The molecule has 3 N–H and O–H groups in total. The van der Waals surface area contributed by atoms with Crippen LogP contribution >= 0.6 is 0 Å². The van der Waals surface area contributed by atoms with Gasteiger partial charge in [-0.05, 0) is 99.6 Å². The van der Waals surface area contributed by atoms with Crippen molar-refractivity contribution in [3.63, 3.8) is 0 Å². The van der Waals surface area contributed by atoms with Crippen LogP contribution in [-0.4, -0.2) is 49.7 Å². The van der Waals surface area contributed by atoms with Crippen LogP contribution in [0.2, 0.25) is 0 Å². The zero-order chi connectivity index (χ0) is 25.3. The molecule has 2 aromatic carbocycles. The summed E-state index contributed by atoms with van der Waals surface area (Å²) in [5.74, 6) is 1.86. The van der Waals surface area contributed by atoms with E-state index in [1.54, 1.807) is 6.20 Å². The molecular weight excluding hydrogens is 472 g/mol. The Kier molecular flexibility index (Phi) is 6.96. The number of nitrogens with one attached hydrogen (secondary N) is 3. The first-order chi connectivity index (χ1) is 17.2. The van der Waals surface area contributed by atoms with Crippen LogP contribution < -0.4 is 15.4 Å². The summed E-state index contributed by atoms with van der Waals surface area (Å²) < 4.78 is 26.3. The molecule has 0 saturated carbocycles. The SMILES string of the molecule is Cc1cnc(Nc2ccc(C3CCN(C)CC3)cc2)nc1Nc1ccc2c(c1)[C@H](NS(C)(=O)=O)CC2. The zero-order valence-electron chi connectivity index (χ0n) is 21.1. The van der Waals surface area contributed by atoms with E-state index in [0.29, 0.717) is 17.7 Å². The molecule has 1 fully saturated rings. The summed E-state index contributed by atoms with van der Waals surface area (Å²) in [7, 11) is -1.09. The highest BCUT2D eigenvalue weighted by Crippen LogP contribution is 2.34. The number of piperidine rings is 1. The number of nitrogens with zero attached hydrogens (tertiary/aromatic N) is 3. The lowest BCUT2D eigenvalue weighted by atomic mass is 9.89. The molecule has 2 heterocycles. The zero-order valence-corrected chi connectivity index (χ0v) is 21.9. The number of aryl methyl sites for hydroxylation is 2. The largest absolute Gasteiger partial charge is 0.340 e. The van der Waals surface area contributed by atoms with Crippen molar-refractivity contribution in [3.05, 3.63) is 70.9 Å². The number of likely N-dealkylation sites (tertiary alicyclic amines) is 1. The minimum Gasteiger partial charge on any atom is -0.340 e. The van der Waals surface area contributed by atoms with Crippen molar-refractivity contribution in [2.45, 2.75) is 44.6 Å². The summed E-state index contributed by atoms with van der Waals surface area (Å²) in [4.78, 5) is 11.6. The third kappa shape index (κ3) is 5.86. The van der Waals surface area contributed by atoms with Gasteiger partial charge in [-0.3, -0.25) is 0 Å². The summed E-state index contributed by atoms with van der Waals surface area (Å²) in [6, 6.07) is 14.5. The maximum atomic E-state index is 11.8. The average molecular weight is 507 g/mol. The monoisotopic (exact) mass is 506 g/mol. The molecule has 9 heteroatoms. The highest BCUT2D eigenvalue weighted by atomic mass is 32.2. The van der Waals surface area contributed by atoms with E-state index in [0.717, 1.165) is 48.4 Å². The van der Waals surface area contributed by atoms with Crippen molar-refractivity contribution >= 4 is 33.2 Å². The van der Waals surface area contributed by atoms with Crippen molar-refractivity contribution in [1.82, 2.24) is 19.6 Å². The van der Waals surface area contributed by atoms with Crippen LogP contribution in [0.4, 0.5) is 23.1 Å². The maximum absolute atomic E-state index is 11.8. The molecule has 0 bridgehead atoms. The Morgan fingerprint density at radius 1 is 0.972 bits per heavy atom. The number of benzene rings is 2. The molecule has 8 nitrogen and oxygen atoms in total. The molecule has 36 heavy (non-hydrogen) atoms. The van der Waals surface area contributed by atoms with Gasteiger partial charge < -0.3 is 15.5 Å². The summed E-state index contributed by atoms with van der Waals surface area (Å²) >= 11 is 0. The number of aromatic nitrogens is 2. The molecule has 1 aromatic heterocycles. The van der Waals surface area contributed by atoms with Gasteiger partial charge in [-0.15, -0.1) is 0 Å². The fourth-order valence-corrected chi connectivity index (χ4v) is 5.90. The van der Waals surface area contributed by atoms with Crippen molar-refractivity contribution in [2.24, 2.45) is 0 Å². The van der Waals surface area contributed by atoms with Crippen LogP contribution in [-0.2, 0) is 16.4 Å². The lowest BCUT2D eigenvalue weighted by molar-refractivity contribution is 0.255. The minimum atomic E-state index is -3.28. The Hall–Kier alpha value is -3.01. The van der Waals surface area contributed by atoms with Gasteiger partial charge in [-0.2, -0.15) is 4.98 Å². The number of hydrogen-bond donors (Lipinski definition) is 3.